The molecule has 1 heterocycles. The number of carbonyl (C=O) groups is 1. The molecule has 0 aliphatic carbocycles. The van der Waals surface area contributed by atoms with Crippen LogP contribution in [0.5, 0.6) is 0 Å². The fourth-order valence-electron chi connectivity index (χ4n) is 1.02. The van der Waals surface area contributed by atoms with Gasteiger partial charge in [0.1, 0.15) is 0 Å². The van der Waals surface area contributed by atoms with Crippen LogP contribution in [0, 0.1) is 0 Å². The van der Waals surface area contributed by atoms with Gasteiger partial charge in [0.25, 0.3) is 6.43 Å². The van der Waals surface area contributed by atoms with Crippen molar-refractivity contribution in [2.75, 3.05) is 0 Å². The molecule has 0 bridgehead atoms. The van der Waals surface area contributed by atoms with Crippen molar-refractivity contribution in [1.29, 1.82) is 0 Å². The van der Waals surface area contributed by atoms with Crippen LogP contribution in [0.4, 0.5) is 8.78 Å². The molecule has 0 saturated carbocycles. The van der Waals surface area contributed by atoms with Gasteiger partial charge in [-0.15, -0.1) is 0 Å². The molecule has 0 unspecified atom stereocenters. The number of hydrogen-bond donors (Lipinski definition) is 1. The number of aliphatic hydroxyl groups excluding tert-OH is 1. The van der Waals surface area contributed by atoms with Gasteiger partial charge in [-0.05, 0) is 13.0 Å². The van der Waals surface area contributed by atoms with Gasteiger partial charge < -0.3 is 5.11 Å². The summed E-state index contributed by atoms with van der Waals surface area (Å²) in [5.74, 6) is -0.330. The first-order valence-corrected chi connectivity index (χ1v) is 3.95. The normalized spacial score (nSPS) is 10.6. The molecule has 3 nitrogen and oxygen atoms in total. The summed E-state index contributed by atoms with van der Waals surface area (Å²) in [4.78, 5) is 14.5. The number of pyridine rings is 1. The first-order chi connectivity index (χ1) is 6.56. The van der Waals surface area contributed by atoms with Crippen molar-refractivity contribution >= 4 is 5.78 Å². The van der Waals surface area contributed by atoms with Gasteiger partial charge in [-0.3, -0.25) is 9.78 Å². The van der Waals surface area contributed by atoms with Crippen molar-refractivity contribution in [1.82, 2.24) is 4.98 Å². The molecule has 0 amide bonds. The molecule has 76 valence electrons. The first kappa shape index (κ1) is 10.7. The molecule has 0 aromatic carbocycles. The summed E-state index contributed by atoms with van der Waals surface area (Å²) in [5, 5.41) is 8.72. The Bertz CT molecular complexity index is 353. The Morgan fingerprint density at radius 2 is 2.29 bits per heavy atom. The lowest BCUT2D eigenvalue weighted by atomic mass is 10.1. The van der Waals surface area contributed by atoms with Crippen LogP contribution in [0.25, 0.3) is 0 Å². The molecule has 1 aromatic rings. The monoisotopic (exact) mass is 201 g/mol. The Kier molecular flexibility index (Phi) is 3.24. The van der Waals surface area contributed by atoms with Crippen molar-refractivity contribution in [2.24, 2.45) is 0 Å². The van der Waals surface area contributed by atoms with Gasteiger partial charge in [0.2, 0.25) is 0 Å². The Labute approximate surface area is 79.4 Å². The van der Waals surface area contributed by atoms with Crippen molar-refractivity contribution in [3.8, 4) is 0 Å². The average molecular weight is 201 g/mol. The molecule has 14 heavy (non-hydrogen) atoms. The number of aromatic nitrogens is 1. The summed E-state index contributed by atoms with van der Waals surface area (Å²) in [6.07, 6.45) is -1.55. The van der Waals surface area contributed by atoms with E-state index in [1.165, 1.54) is 13.1 Å². The van der Waals surface area contributed by atoms with Crippen LogP contribution in [0.15, 0.2) is 12.3 Å². The fraction of sp³-hybridized carbons (Fsp3) is 0.333. The van der Waals surface area contributed by atoms with Crippen LogP contribution in [0.1, 0.15) is 35.0 Å². The molecule has 0 radical (unpaired) electrons. The van der Waals surface area contributed by atoms with Gasteiger partial charge in [0.15, 0.2) is 5.78 Å². The number of hydrogen-bond acceptors (Lipinski definition) is 3. The lowest BCUT2D eigenvalue weighted by molar-refractivity contribution is 0.101. The van der Waals surface area contributed by atoms with Crippen LogP contribution in [0.3, 0.4) is 0 Å². The second-order valence-corrected chi connectivity index (χ2v) is 2.77. The number of ketones is 1. The van der Waals surface area contributed by atoms with Crippen molar-refractivity contribution in [3.63, 3.8) is 0 Å². The molecule has 0 atom stereocenters. The maximum Gasteiger partial charge on any atom is 0.265 e. The summed E-state index contributed by atoms with van der Waals surface area (Å²) >= 11 is 0. The van der Waals surface area contributed by atoms with E-state index in [0.717, 1.165) is 6.07 Å². The minimum absolute atomic E-state index is 0.0926. The third kappa shape index (κ3) is 2.11. The van der Waals surface area contributed by atoms with Crippen molar-refractivity contribution < 1.29 is 18.7 Å². The van der Waals surface area contributed by atoms with E-state index < -0.39 is 13.0 Å². The predicted octanol–water partition coefficient (Wildman–Crippen LogP) is 1.71. The first-order valence-electron chi connectivity index (χ1n) is 3.95. The van der Waals surface area contributed by atoms with E-state index in [9.17, 15) is 13.6 Å². The highest BCUT2D eigenvalue weighted by Crippen LogP contribution is 2.22. The average Bonchev–Trinajstić information content (AvgIpc) is 2.16. The summed E-state index contributed by atoms with van der Waals surface area (Å²) in [7, 11) is 0. The Morgan fingerprint density at radius 3 is 2.71 bits per heavy atom. The van der Waals surface area contributed by atoms with Gasteiger partial charge in [-0.2, -0.15) is 0 Å². The van der Waals surface area contributed by atoms with E-state index in [2.05, 4.69) is 4.98 Å². The predicted molar refractivity (Wildman–Crippen MR) is 45.1 cm³/mol. The van der Waals surface area contributed by atoms with Gasteiger partial charge in [-0.25, -0.2) is 8.78 Å². The highest BCUT2D eigenvalue weighted by molar-refractivity contribution is 5.93. The van der Waals surface area contributed by atoms with Crippen LogP contribution in [0.2, 0.25) is 0 Å². The summed E-state index contributed by atoms with van der Waals surface area (Å²) < 4.78 is 24.8. The second kappa shape index (κ2) is 4.23. The largest absolute Gasteiger partial charge is 0.390 e. The van der Waals surface area contributed by atoms with Crippen molar-refractivity contribution in [3.05, 3.63) is 29.1 Å². The lowest BCUT2D eigenvalue weighted by Crippen LogP contribution is -2.02. The number of carbonyl (C=O) groups excluding carboxylic acids is 1. The molecule has 0 saturated heterocycles. The van der Waals surface area contributed by atoms with E-state index in [1.54, 1.807) is 0 Å². The molecule has 0 aliphatic rings. The smallest absolute Gasteiger partial charge is 0.265 e. The van der Waals surface area contributed by atoms with Gasteiger partial charge in [0.05, 0.1) is 12.3 Å². The van der Waals surface area contributed by atoms with Crippen LogP contribution in [-0.2, 0) is 6.61 Å². The summed E-state index contributed by atoms with van der Waals surface area (Å²) in [6.45, 7) is 0.711. The Balaban J connectivity index is 3.20. The zero-order chi connectivity index (χ0) is 10.7. The van der Waals surface area contributed by atoms with Gasteiger partial charge in [0, 0.05) is 17.3 Å². The molecular formula is C9H9F2NO2. The molecule has 1 N–H and O–H groups in total. The van der Waals surface area contributed by atoms with E-state index in [-0.39, 0.29) is 22.6 Å². The third-order valence-corrected chi connectivity index (χ3v) is 1.80. The molecule has 0 spiro atoms. The lowest BCUT2D eigenvalue weighted by Gasteiger charge is -2.06. The molecule has 1 aromatic heterocycles. The SMILES string of the molecule is CC(=O)c1cnc(CO)c(C(F)F)c1. The summed E-state index contributed by atoms with van der Waals surface area (Å²) in [5.41, 5.74) is -0.359. The highest BCUT2D eigenvalue weighted by atomic mass is 19.3. The maximum absolute atomic E-state index is 12.4. The minimum atomic E-state index is -2.73. The van der Waals surface area contributed by atoms with E-state index >= 15 is 0 Å². The molecule has 0 aliphatic heterocycles. The Hall–Kier alpha value is -1.36. The number of halogens is 2. The highest BCUT2D eigenvalue weighted by Gasteiger charge is 2.15. The van der Waals surface area contributed by atoms with E-state index in [1.807, 2.05) is 0 Å². The third-order valence-electron chi connectivity index (χ3n) is 1.80. The quantitative estimate of drug-likeness (QED) is 0.757. The van der Waals surface area contributed by atoms with E-state index in [4.69, 9.17) is 5.11 Å². The van der Waals surface area contributed by atoms with Crippen LogP contribution >= 0.6 is 0 Å². The Morgan fingerprint density at radius 1 is 1.64 bits per heavy atom. The van der Waals surface area contributed by atoms with E-state index in [0.29, 0.717) is 0 Å². The number of nitrogens with zero attached hydrogens (tertiary/aromatic N) is 1. The minimum Gasteiger partial charge on any atom is -0.390 e. The standard InChI is InChI=1S/C9H9F2NO2/c1-5(14)6-2-7(9(10)11)8(4-13)12-3-6/h2-3,9,13H,4H2,1H3. The summed E-state index contributed by atoms with van der Waals surface area (Å²) in [6, 6.07) is 1.06. The molecule has 1 rings (SSSR count). The zero-order valence-corrected chi connectivity index (χ0v) is 7.50. The van der Waals surface area contributed by atoms with Gasteiger partial charge in [-0.1, -0.05) is 0 Å². The van der Waals surface area contributed by atoms with Gasteiger partial charge >= 0.3 is 0 Å². The number of alkyl halides is 2. The number of rotatable bonds is 3. The topological polar surface area (TPSA) is 50.2 Å². The second-order valence-electron chi connectivity index (χ2n) is 2.77. The fourth-order valence-corrected chi connectivity index (χ4v) is 1.02. The van der Waals surface area contributed by atoms with Crippen LogP contribution in [-0.4, -0.2) is 15.9 Å². The molecule has 5 heteroatoms. The number of aliphatic hydroxyl groups is 1. The van der Waals surface area contributed by atoms with Crippen LogP contribution < -0.4 is 0 Å². The van der Waals surface area contributed by atoms with Crippen molar-refractivity contribution in [2.45, 2.75) is 20.0 Å². The molecule has 0 fully saturated rings. The zero-order valence-electron chi connectivity index (χ0n) is 7.50. The maximum atomic E-state index is 12.4. The molecular weight excluding hydrogens is 192 g/mol. The number of Topliss-reactive ketones (excluding diaryl/α,β-unsaturated/α-hetero) is 1.